The largest absolute Gasteiger partial charge is 0.481 e. The highest BCUT2D eigenvalue weighted by atomic mass is 32.1. The van der Waals surface area contributed by atoms with Crippen molar-refractivity contribution in [2.75, 3.05) is 18.0 Å². The summed E-state index contributed by atoms with van der Waals surface area (Å²) >= 11 is 1.55. The Morgan fingerprint density at radius 3 is 3.00 bits per heavy atom. The minimum absolute atomic E-state index is 0.0253. The van der Waals surface area contributed by atoms with Gasteiger partial charge < -0.3 is 10.0 Å². The van der Waals surface area contributed by atoms with Gasteiger partial charge >= 0.3 is 5.97 Å². The van der Waals surface area contributed by atoms with Gasteiger partial charge in [-0.05, 0) is 25.7 Å². The average molecular weight is 240 g/mol. The predicted molar refractivity (Wildman–Crippen MR) is 64.1 cm³/mol. The van der Waals surface area contributed by atoms with Crippen LogP contribution in [0.4, 0.5) is 5.13 Å². The van der Waals surface area contributed by atoms with Crippen LogP contribution in [0.25, 0.3) is 0 Å². The van der Waals surface area contributed by atoms with E-state index in [2.05, 4.69) is 16.8 Å². The van der Waals surface area contributed by atoms with E-state index in [1.165, 1.54) is 12.8 Å². The van der Waals surface area contributed by atoms with Crippen molar-refractivity contribution in [3.63, 3.8) is 0 Å². The van der Waals surface area contributed by atoms with Crippen LogP contribution in [0, 0.1) is 5.92 Å². The summed E-state index contributed by atoms with van der Waals surface area (Å²) in [5, 5.41) is 11.5. The first-order valence-corrected chi connectivity index (χ1v) is 6.48. The molecule has 4 nitrogen and oxygen atoms in total. The first-order valence-electron chi connectivity index (χ1n) is 5.60. The van der Waals surface area contributed by atoms with Crippen molar-refractivity contribution in [1.29, 1.82) is 0 Å². The highest BCUT2D eigenvalue weighted by Crippen LogP contribution is 2.32. The Bertz CT molecular complexity index is 374. The summed E-state index contributed by atoms with van der Waals surface area (Å²) in [6.45, 7) is 4.12. The summed E-state index contributed by atoms with van der Waals surface area (Å²) in [6, 6.07) is 0. The van der Waals surface area contributed by atoms with Gasteiger partial charge in [0, 0.05) is 18.5 Å². The van der Waals surface area contributed by atoms with E-state index < -0.39 is 5.97 Å². The maximum absolute atomic E-state index is 10.6. The number of carbonyl (C=O) groups is 1. The first kappa shape index (κ1) is 11.4. The Hall–Kier alpha value is -1.10. The number of hydrogen-bond donors (Lipinski definition) is 1. The molecule has 2 rings (SSSR count). The molecular weight excluding hydrogens is 224 g/mol. The fourth-order valence-corrected chi connectivity index (χ4v) is 2.53. The van der Waals surface area contributed by atoms with Crippen molar-refractivity contribution in [3.05, 3.63) is 11.1 Å². The van der Waals surface area contributed by atoms with Gasteiger partial charge in [0.15, 0.2) is 5.13 Å². The lowest BCUT2D eigenvalue weighted by atomic mass is 10.3. The number of nitrogens with zero attached hydrogens (tertiary/aromatic N) is 2. The summed E-state index contributed by atoms with van der Waals surface area (Å²) in [6.07, 6.45) is 2.67. The van der Waals surface area contributed by atoms with E-state index in [0.717, 1.165) is 24.1 Å². The van der Waals surface area contributed by atoms with Gasteiger partial charge in [0.2, 0.25) is 0 Å². The monoisotopic (exact) mass is 240 g/mol. The average Bonchev–Trinajstić information content (AvgIpc) is 2.94. The molecule has 1 fully saturated rings. The summed E-state index contributed by atoms with van der Waals surface area (Å²) in [5.74, 6) is 0.00821. The number of aliphatic carboxylic acids is 1. The normalized spacial score (nSPS) is 15.1. The molecular formula is C11H16N2O2S. The molecule has 1 N–H and O–H groups in total. The van der Waals surface area contributed by atoms with Crippen molar-refractivity contribution < 1.29 is 9.90 Å². The SMILES string of the molecule is CCN(CC1CC1)c1nc(CC(=O)O)cs1. The van der Waals surface area contributed by atoms with E-state index in [0.29, 0.717) is 5.69 Å². The van der Waals surface area contributed by atoms with Crippen LogP contribution in [0.2, 0.25) is 0 Å². The van der Waals surface area contributed by atoms with Gasteiger partial charge in [-0.25, -0.2) is 4.98 Å². The van der Waals surface area contributed by atoms with Crippen LogP contribution in [-0.4, -0.2) is 29.1 Å². The van der Waals surface area contributed by atoms with Crippen molar-refractivity contribution in [3.8, 4) is 0 Å². The van der Waals surface area contributed by atoms with E-state index in [4.69, 9.17) is 5.11 Å². The number of thiazole rings is 1. The molecule has 0 saturated heterocycles. The number of rotatable bonds is 6. The standard InChI is InChI=1S/C11H16N2O2S/c1-2-13(6-8-3-4-8)11-12-9(7-16-11)5-10(14)15/h7-8H,2-6H2,1H3,(H,14,15). The molecule has 0 atom stereocenters. The van der Waals surface area contributed by atoms with Crippen molar-refractivity contribution in [1.82, 2.24) is 4.98 Å². The maximum Gasteiger partial charge on any atom is 0.309 e. The highest BCUT2D eigenvalue weighted by Gasteiger charge is 2.25. The molecule has 88 valence electrons. The summed E-state index contributed by atoms with van der Waals surface area (Å²) in [5.41, 5.74) is 0.668. The van der Waals surface area contributed by atoms with E-state index >= 15 is 0 Å². The van der Waals surface area contributed by atoms with Crippen LogP contribution in [0.3, 0.4) is 0 Å². The number of aromatic nitrogens is 1. The van der Waals surface area contributed by atoms with Gasteiger partial charge in [-0.15, -0.1) is 11.3 Å². The van der Waals surface area contributed by atoms with Crippen LogP contribution in [0.1, 0.15) is 25.5 Å². The van der Waals surface area contributed by atoms with Crippen molar-refractivity contribution in [2.45, 2.75) is 26.2 Å². The third kappa shape index (κ3) is 2.95. The Kier molecular flexibility index (Phi) is 3.43. The fourth-order valence-electron chi connectivity index (χ4n) is 1.63. The van der Waals surface area contributed by atoms with E-state index in [1.807, 2.05) is 5.38 Å². The molecule has 0 aromatic carbocycles. The van der Waals surface area contributed by atoms with E-state index in [9.17, 15) is 4.79 Å². The minimum atomic E-state index is -0.818. The van der Waals surface area contributed by atoms with E-state index in [-0.39, 0.29) is 6.42 Å². The number of anilines is 1. The van der Waals surface area contributed by atoms with Gasteiger partial charge in [-0.2, -0.15) is 0 Å². The topological polar surface area (TPSA) is 53.4 Å². The quantitative estimate of drug-likeness (QED) is 0.826. The lowest BCUT2D eigenvalue weighted by molar-refractivity contribution is -0.136. The molecule has 0 radical (unpaired) electrons. The van der Waals surface area contributed by atoms with Crippen LogP contribution in [-0.2, 0) is 11.2 Å². The summed E-state index contributed by atoms with van der Waals surface area (Å²) < 4.78 is 0. The highest BCUT2D eigenvalue weighted by molar-refractivity contribution is 7.13. The molecule has 0 aliphatic heterocycles. The van der Waals surface area contributed by atoms with Crippen molar-refractivity contribution >= 4 is 22.4 Å². The predicted octanol–water partition coefficient (Wildman–Crippen LogP) is 2.01. The molecule has 5 heteroatoms. The van der Waals surface area contributed by atoms with Crippen LogP contribution in [0.5, 0.6) is 0 Å². The zero-order valence-corrected chi connectivity index (χ0v) is 10.2. The molecule has 0 unspecified atom stereocenters. The van der Waals surface area contributed by atoms with E-state index in [1.54, 1.807) is 11.3 Å². The van der Waals surface area contributed by atoms with Gasteiger partial charge in [0.05, 0.1) is 12.1 Å². The van der Waals surface area contributed by atoms with Crippen LogP contribution >= 0.6 is 11.3 Å². The summed E-state index contributed by atoms with van der Waals surface area (Å²) in [4.78, 5) is 17.2. The molecule has 0 bridgehead atoms. The zero-order chi connectivity index (χ0) is 11.5. The minimum Gasteiger partial charge on any atom is -0.481 e. The Labute approximate surface area is 98.9 Å². The van der Waals surface area contributed by atoms with Crippen LogP contribution in [0.15, 0.2) is 5.38 Å². The molecule has 1 heterocycles. The molecule has 0 spiro atoms. The van der Waals surface area contributed by atoms with Crippen molar-refractivity contribution in [2.24, 2.45) is 5.92 Å². The Morgan fingerprint density at radius 2 is 2.44 bits per heavy atom. The zero-order valence-electron chi connectivity index (χ0n) is 9.35. The maximum atomic E-state index is 10.6. The smallest absolute Gasteiger partial charge is 0.309 e. The summed E-state index contributed by atoms with van der Waals surface area (Å²) in [7, 11) is 0. The lowest BCUT2D eigenvalue weighted by Crippen LogP contribution is -2.25. The van der Waals surface area contributed by atoms with Gasteiger partial charge in [0.1, 0.15) is 0 Å². The first-order chi connectivity index (χ1) is 7.69. The molecule has 1 aliphatic carbocycles. The molecule has 1 aromatic rings. The van der Waals surface area contributed by atoms with Gasteiger partial charge in [-0.3, -0.25) is 4.79 Å². The Morgan fingerprint density at radius 1 is 1.69 bits per heavy atom. The second-order valence-electron chi connectivity index (χ2n) is 4.17. The lowest BCUT2D eigenvalue weighted by Gasteiger charge is -2.19. The number of carboxylic acids is 1. The second-order valence-corrected chi connectivity index (χ2v) is 5.01. The third-order valence-electron chi connectivity index (χ3n) is 2.70. The number of carboxylic acid groups (broad SMARTS) is 1. The van der Waals surface area contributed by atoms with Gasteiger partial charge in [-0.1, -0.05) is 0 Å². The van der Waals surface area contributed by atoms with Gasteiger partial charge in [0.25, 0.3) is 0 Å². The fraction of sp³-hybridized carbons (Fsp3) is 0.636. The van der Waals surface area contributed by atoms with Crippen LogP contribution < -0.4 is 4.90 Å². The third-order valence-corrected chi connectivity index (χ3v) is 3.65. The molecule has 16 heavy (non-hydrogen) atoms. The molecule has 1 aliphatic rings. The molecule has 1 saturated carbocycles. The Balaban J connectivity index is 1.99. The number of hydrogen-bond acceptors (Lipinski definition) is 4. The second kappa shape index (κ2) is 4.82. The molecule has 1 aromatic heterocycles. The molecule has 0 amide bonds.